The van der Waals surface area contributed by atoms with Gasteiger partial charge in [0.15, 0.2) is 5.01 Å². The van der Waals surface area contributed by atoms with Gasteiger partial charge in [-0.3, -0.25) is 4.68 Å². The topological polar surface area (TPSA) is 43.6 Å². The molecule has 0 atom stereocenters. The van der Waals surface area contributed by atoms with E-state index >= 15 is 0 Å². The van der Waals surface area contributed by atoms with Crippen LogP contribution in [0.1, 0.15) is 38.4 Å². The van der Waals surface area contributed by atoms with E-state index in [0.29, 0.717) is 0 Å². The number of nitrogens with zero attached hydrogens (tertiary/aromatic N) is 4. The van der Waals surface area contributed by atoms with E-state index < -0.39 is 0 Å². The number of aromatic nitrogens is 4. The number of rotatable bonds is 2. The monoisotopic (exact) mass is 502 g/mol. The van der Waals surface area contributed by atoms with Crippen molar-refractivity contribution in [3.8, 4) is 10.7 Å². The molecule has 0 aromatic carbocycles. The number of aryl methyl sites for hydroxylation is 1. The van der Waals surface area contributed by atoms with Crippen molar-refractivity contribution >= 4 is 56.5 Å². The smallest absolute Gasteiger partial charge is 0.166 e. The molecule has 0 amide bonds. The first-order valence-corrected chi connectivity index (χ1v) is 8.83. The second-order valence-electron chi connectivity index (χ2n) is 5.59. The summed E-state index contributed by atoms with van der Waals surface area (Å²) in [6.07, 6.45) is 0. The second kappa shape index (κ2) is 5.21. The molecule has 2 aromatic rings. The van der Waals surface area contributed by atoms with Crippen LogP contribution in [-0.4, -0.2) is 20.0 Å². The predicted molar refractivity (Wildman–Crippen MR) is 96.2 cm³/mol. The average Bonchev–Trinajstić information content (AvgIpc) is 2.80. The zero-order valence-corrected chi connectivity index (χ0v) is 16.7. The van der Waals surface area contributed by atoms with Gasteiger partial charge in [-0.05, 0) is 13.0 Å². The molecule has 0 N–H and O–H groups in total. The van der Waals surface area contributed by atoms with E-state index in [1.165, 1.54) is 0 Å². The molecule has 0 bridgehead atoms. The zero-order valence-electron chi connectivity index (χ0n) is 11.5. The van der Waals surface area contributed by atoms with E-state index in [0.717, 1.165) is 21.4 Å². The lowest BCUT2D eigenvalue weighted by molar-refractivity contribution is 0.553. The van der Waals surface area contributed by atoms with Gasteiger partial charge < -0.3 is 0 Å². The molecule has 2 rings (SSSR count). The van der Waals surface area contributed by atoms with Gasteiger partial charge in [0.1, 0.15) is 6.44 Å². The number of hydrogen-bond donors (Lipinski definition) is 0. The Kier molecular flexibility index (Phi) is 4.28. The summed E-state index contributed by atoms with van der Waals surface area (Å²) in [6, 6.07) is 2.11. The summed E-state index contributed by atoms with van der Waals surface area (Å²) in [6.45, 7) is 8.62. The summed E-state index contributed by atoms with van der Waals surface area (Å²) >= 11 is 6.38. The largest absolute Gasteiger partial charge is 0.265 e. The molecular weight excluding hydrogens is 486 g/mol. The normalized spacial score (nSPS) is 13.0. The maximum absolute atomic E-state index is 4.58. The van der Waals surface area contributed by atoms with Crippen LogP contribution in [0.2, 0.25) is 0 Å². The predicted octanol–water partition coefficient (Wildman–Crippen LogP) is 4.28. The first kappa shape index (κ1) is 15.6. The van der Waals surface area contributed by atoms with Crippen LogP contribution in [0.25, 0.3) is 10.7 Å². The third-order valence-electron chi connectivity index (χ3n) is 2.67. The van der Waals surface area contributed by atoms with Gasteiger partial charge in [0.25, 0.3) is 0 Å². The summed E-state index contributed by atoms with van der Waals surface area (Å²) in [5.74, 6) is 0. The van der Waals surface area contributed by atoms with Crippen LogP contribution < -0.4 is 0 Å². The van der Waals surface area contributed by atoms with Gasteiger partial charge in [-0.1, -0.05) is 77.3 Å². The molecule has 19 heavy (non-hydrogen) atoms. The second-order valence-corrected chi connectivity index (χ2v) is 12.9. The van der Waals surface area contributed by atoms with Gasteiger partial charge in [0.05, 0.1) is 11.4 Å². The third-order valence-corrected chi connectivity index (χ3v) is 5.59. The Morgan fingerprint density at radius 3 is 2.21 bits per heavy atom. The van der Waals surface area contributed by atoms with Crippen LogP contribution in [-0.2, 0) is 13.9 Å². The fourth-order valence-corrected chi connectivity index (χ4v) is 3.24. The van der Waals surface area contributed by atoms with Gasteiger partial charge in [-0.15, -0.1) is 10.2 Å². The van der Waals surface area contributed by atoms with E-state index in [2.05, 4.69) is 94.2 Å². The molecule has 7 heteroatoms. The van der Waals surface area contributed by atoms with Crippen molar-refractivity contribution < 1.29 is 0 Å². The fraction of sp³-hybridized carbons (Fsp3) is 0.583. The van der Waals surface area contributed by atoms with E-state index in [-0.39, 0.29) is 6.84 Å². The molecule has 0 radical (unpaired) electrons. The Morgan fingerprint density at radius 2 is 1.79 bits per heavy atom. The Morgan fingerprint density at radius 1 is 1.16 bits per heavy atom. The van der Waals surface area contributed by atoms with Crippen molar-refractivity contribution in [2.45, 2.75) is 34.5 Å². The summed E-state index contributed by atoms with van der Waals surface area (Å²) in [5, 5.41) is 15.1. The molecule has 0 saturated carbocycles. The number of hydrogen-bond acceptors (Lipinski definition) is 4. The van der Waals surface area contributed by atoms with E-state index in [9.17, 15) is 0 Å². The highest BCUT2D eigenvalue weighted by molar-refractivity contribution is 14.2. The maximum atomic E-state index is 4.58. The molecule has 104 valence electrons. The fourth-order valence-electron chi connectivity index (χ4n) is 1.54. The quantitative estimate of drug-likeness (QED) is 0.455. The van der Waals surface area contributed by atoms with Crippen LogP contribution in [0.3, 0.4) is 0 Å². The molecular formula is C12H16I2N4S. The molecule has 0 saturated heterocycles. The highest BCUT2D eigenvalue weighted by Gasteiger charge is 2.26. The Labute approximate surface area is 144 Å². The lowest BCUT2D eigenvalue weighted by Gasteiger charge is -2.13. The lowest BCUT2D eigenvalue weighted by Crippen LogP contribution is -2.12. The van der Waals surface area contributed by atoms with Gasteiger partial charge in [-0.2, -0.15) is 5.10 Å². The van der Waals surface area contributed by atoms with Gasteiger partial charge in [0, 0.05) is 12.5 Å². The van der Waals surface area contributed by atoms with E-state index in [1.807, 2.05) is 11.7 Å². The van der Waals surface area contributed by atoms with Crippen molar-refractivity contribution in [3.05, 3.63) is 16.8 Å². The van der Waals surface area contributed by atoms with Crippen LogP contribution in [0.4, 0.5) is 0 Å². The van der Waals surface area contributed by atoms with Crippen molar-refractivity contribution in [3.63, 3.8) is 0 Å². The minimum Gasteiger partial charge on any atom is -0.265 e. The number of halogens is 2. The van der Waals surface area contributed by atoms with Crippen LogP contribution in [0.5, 0.6) is 0 Å². The van der Waals surface area contributed by atoms with Crippen molar-refractivity contribution in [1.82, 2.24) is 20.0 Å². The Hall–Kier alpha value is 0.230. The Balaban J connectivity index is 2.43. The van der Waals surface area contributed by atoms with Gasteiger partial charge in [0.2, 0.25) is 0 Å². The highest BCUT2D eigenvalue weighted by Crippen LogP contribution is 2.41. The molecule has 2 heterocycles. The summed E-state index contributed by atoms with van der Waals surface area (Å²) in [5.41, 5.74) is 2.16. The van der Waals surface area contributed by atoms with Crippen LogP contribution >= 0.6 is 56.5 Å². The summed E-state index contributed by atoms with van der Waals surface area (Å²) in [7, 11) is 1.96. The standard InChI is InChI=1S/C12H16I2N4S/c1-11(2,3)8-6-7(18(5)17-8)9-15-16-10(19-9)12(4,13)14/h6H,1-5H3. The molecule has 0 fully saturated rings. The molecule has 4 nitrogen and oxygen atoms in total. The molecule has 0 aliphatic rings. The van der Waals surface area contributed by atoms with Gasteiger partial charge in [-0.25, -0.2) is 0 Å². The maximum Gasteiger partial charge on any atom is 0.166 e. The first-order valence-electron chi connectivity index (χ1n) is 5.86. The van der Waals surface area contributed by atoms with Crippen molar-refractivity contribution in [2.24, 2.45) is 7.05 Å². The summed E-state index contributed by atoms with van der Waals surface area (Å²) in [4.78, 5) is 0. The SMILES string of the molecule is Cn1nc(C(C)(C)C)cc1-c1nnc(C(C)(I)I)s1. The molecule has 0 spiro atoms. The van der Waals surface area contributed by atoms with Crippen molar-refractivity contribution in [2.75, 3.05) is 0 Å². The van der Waals surface area contributed by atoms with E-state index in [1.54, 1.807) is 11.3 Å². The van der Waals surface area contributed by atoms with E-state index in [4.69, 9.17) is 0 Å². The van der Waals surface area contributed by atoms with Crippen LogP contribution in [0, 0.1) is 0 Å². The Bertz CT molecular complexity index is 590. The average molecular weight is 502 g/mol. The lowest BCUT2D eigenvalue weighted by atomic mass is 9.92. The molecule has 0 aliphatic carbocycles. The first-order chi connectivity index (χ1) is 8.59. The molecule has 2 aromatic heterocycles. The minimum absolute atomic E-state index is 0.0170. The third kappa shape index (κ3) is 3.46. The summed E-state index contributed by atoms with van der Waals surface area (Å²) < 4.78 is 1.87. The van der Waals surface area contributed by atoms with Crippen LogP contribution in [0.15, 0.2) is 6.07 Å². The van der Waals surface area contributed by atoms with Gasteiger partial charge >= 0.3 is 0 Å². The highest BCUT2D eigenvalue weighted by atomic mass is 127. The zero-order chi connectivity index (χ0) is 14.4. The molecule has 0 aliphatic heterocycles. The van der Waals surface area contributed by atoms with Crippen molar-refractivity contribution in [1.29, 1.82) is 0 Å². The molecule has 0 unspecified atom stereocenters. The minimum atomic E-state index is -0.0170. The number of alkyl halides is 2.